The molecule has 0 saturated heterocycles. The van der Waals surface area contributed by atoms with Crippen molar-refractivity contribution in [3.63, 3.8) is 0 Å². The van der Waals surface area contributed by atoms with E-state index < -0.39 is 10.0 Å². The maximum absolute atomic E-state index is 12.4. The molecule has 0 unspecified atom stereocenters. The molecule has 0 atom stereocenters. The van der Waals surface area contributed by atoms with Crippen LogP contribution in [-0.2, 0) is 21.4 Å². The molecule has 0 aromatic heterocycles. The Morgan fingerprint density at radius 2 is 1.78 bits per heavy atom. The smallest absolute Gasteiger partial charge is 0.240 e. The topological polar surface area (TPSA) is 75.7 Å². The van der Waals surface area contributed by atoms with E-state index in [1.165, 1.54) is 0 Å². The summed E-state index contributed by atoms with van der Waals surface area (Å²) >= 11 is 0. The number of ether oxygens (including phenoxy) is 1. The van der Waals surface area contributed by atoms with E-state index >= 15 is 0 Å². The monoisotopic (exact) mass is 390 g/mol. The quantitative estimate of drug-likeness (QED) is 0.752. The minimum atomic E-state index is -3.63. The highest BCUT2D eigenvalue weighted by Gasteiger charge is 2.17. The molecule has 0 bridgehead atoms. The number of hydrogen-bond donors (Lipinski definition) is 1. The highest BCUT2D eigenvalue weighted by molar-refractivity contribution is 7.89. The first-order valence-corrected chi connectivity index (χ1v) is 10.1. The van der Waals surface area contributed by atoms with Crippen LogP contribution in [0.5, 0.6) is 5.75 Å². The average molecular weight is 391 g/mol. The van der Waals surface area contributed by atoms with Crippen LogP contribution in [0.25, 0.3) is 0 Å². The summed E-state index contributed by atoms with van der Waals surface area (Å²) in [6, 6.07) is 12.6. The van der Waals surface area contributed by atoms with Gasteiger partial charge < -0.3 is 9.64 Å². The van der Waals surface area contributed by atoms with Gasteiger partial charge in [0.15, 0.2) is 0 Å². The predicted octanol–water partition coefficient (Wildman–Crippen LogP) is 2.64. The molecule has 0 fully saturated rings. The van der Waals surface area contributed by atoms with E-state index in [2.05, 4.69) is 4.72 Å². The van der Waals surface area contributed by atoms with E-state index in [4.69, 9.17) is 4.74 Å². The van der Waals surface area contributed by atoms with E-state index in [1.807, 2.05) is 37.3 Å². The number of carbonyl (C=O) groups is 1. The van der Waals surface area contributed by atoms with Gasteiger partial charge in [-0.1, -0.05) is 29.8 Å². The lowest BCUT2D eigenvalue weighted by Gasteiger charge is -2.18. The zero-order valence-electron chi connectivity index (χ0n) is 16.2. The second kappa shape index (κ2) is 9.01. The predicted molar refractivity (Wildman–Crippen MR) is 105 cm³/mol. The molecular weight excluding hydrogens is 364 g/mol. The van der Waals surface area contributed by atoms with E-state index in [0.717, 1.165) is 16.9 Å². The van der Waals surface area contributed by atoms with Gasteiger partial charge in [-0.25, -0.2) is 13.1 Å². The molecule has 0 saturated carbocycles. The molecule has 146 valence electrons. The van der Waals surface area contributed by atoms with Gasteiger partial charge in [0.25, 0.3) is 0 Å². The highest BCUT2D eigenvalue weighted by atomic mass is 32.2. The van der Waals surface area contributed by atoms with Crippen molar-refractivity contribution in [2.24, 2.45) is 0 Å². The number of nitrogens with one attached hydrogen (secondary N) is 1. The minimum Gasteiger partial charge on any atom is -0.497 e. The lowest BCUT2D eigenvalue weighted by atomic mass is 10.2. The van der Waals surface area contributed by atoms with Crippen molar-refractivity contribution in [3.05, 3.63) is 59.2 Å². The first-order valence-electron chi connectivity index (χ1n) is 8.67. The van der Waals surface area contributed by atoms with E-state index in [0.29, 0.717) is 12.1 Å². The third-order valence-corrected chi connectivity index (χ3v) is 5.88. The average Bonchev–Trinajstić information content (AvgIpc) is 2.61. The fourth-order valence-electron chi connectivity index (χ4n) is 2.75. The first kappa shape index (κ1) is 20.9. The molecule has 1 N–H and O–H groups in total. The van der Waals surface area contributed by atoms with E-state index in [9.17, 15) is 13.2 Å². The van der Waals surface area contributed by atoms with E-state index in [1.54, 1.807) is 38.1 Å². The zero-order valence-corrected chi connectivity index (χ0v) is 17.0. The Kier molecular flexibility index (Phi) is 6.98. The number of rotatable bonds is 8. The minimum absolute atomic E-state index is 0.0570. The number of nitrogens with zero attached hydrogens (tertiary/aromatic N) is 1. The molecule has 2 aromatic rings. The molecule has 2 rings (SSSR count). The molecule has 27 heavy (non-hydrogen) atoms. The molecule has 0 aliphatic rings. The normalized spacial score (nSPS) is 11.3. The Balaban J connectivity index is 1.88. The van der Waals surface area contributed by atoms with Gasteiger partial charge in [0.1, 0.15) is 5.75 Å². The van der Waals surface area contributed by atoms with Gasteiger partial charge in [0.05, 0.1) is 12.0 Å². The molecule has 0 heterocycles. The molecule has 7 heteroatoms. The third-order valence-electron chi connectivity index (χ3n) is 4.26. The van der Waals surface area contributed by atoms with Crippen molar-refractivity contribution in [3.8, 4) is 5.75 Å². The summed E-state index contributed by atoms with van der Waals surface area (Å²) in [7, 11) is -0.330. The molecule has 0 aliphatic heterocycles. The molecule has 1 amide bonds. The van der Waals surface area contributed by atoms with Gasteiger partial charge in [-0.2, -0.15) is 0 Å². The van der Waals surface area contributed by atoms with Crippen LogP contribution in [0.15, 0.2) is 47.4 Å². The maximum atomic E-state index is 12.4. The summed E-state index contributed by atoms with van der Waals surface area (Å²) in [4.78, 5) is 14.1. The van der Waals surface area contributed by atoms with Gasteiger partial charge in [-0.3, -0.25) is 4.79 Å². The Morgan fingerprint density at radius 3 is 2.37 bits per heavy atom. The Morgan fingerprint density at radius 1 is 1.11 bits per heavy atom. The molecule has 0 radical (unpaired) electrons. The first-order chi connectivity index (χ1) is 12.7. The number of carbonyl (C=O) groups excluding carboxylic acids is 1. The van der Waals surface area contributed by atoms with Crippen LogP contribution >= 0.6 is 0 Å². The summed E-state index contributed by atoms with van der Waals surface area (Å²) in [5, 5.41) is 0. The second-order valence-electron chi connectivity index (χ2n) is 6.51. The molecular formula is C20H26N2O4S. The summed E-state index contributed by atoms with van der Waals surface area (Å²) in [5.41, 5.74) is 2.66. The number of benzene rings is 2. The molecule has 0 spiro atoms. The lowest BCUT2D eigenvalue weighted by Crippen LogP contribution is -2.32. The van der Waals surface area contributed by atoms with Crippen LogP contribution in [-0.4, -0.2) is 39.9 Å². The van der Waals surface area contributed by atoms with Crippen molar-refractivity contribution in [2.75, 3.05) is 20.7 Å². The zero-order chi connectivity index (χ0) is 20.0. The lowest BCUT2D eigenvalue weighted by molar-refractivity contribution is -0.130. The molecule has 0 aliphatic carbocycles. The second-order valence-corrected chi connectivity index (χ2v) is 8.25. The standard InChI is InChI=1S/C20H26N2O4S/c1-15-5-10-19(16(2)13-15)27(24,25)21-12-11-20(23)22(3)14-17-6-8-18(26-4)9-7-17/h5-10,13,21H,11-12,14H2,1-4H3. The van der Waals surface area contributed by atoms with Gasteiger partial charge in [-0.05, 0) is 43.2 Å². The number of amides is 1. The third kappa shape index (κ3) is 5.80. The summed E-state index contributed by atoms with van der Waals surface area (Å²) in [6.45, 7) is 4.18. The van der Waals surface area contributed by atoms with E-state index in [-0.39, 0.29) is 23.8 Å². The largest absolute Gasteiger partial charge is 0.497 e. The van der Waals surface area contributed by atoms with Crippen LogP contribution in [0.2, 0.25) is 0 Å². The van der Waals surface area contributed by atoms with Crippen LogP contribution in [0.1, 0.15) is 23.1 Å². The Hall–Kier alpha value is -2.38. The van der Waals surface area contributed by atoms with Gasteiger partial charge >= 0.3 is 0 Å². The number of methoxy groups -OCH3 is 1. The Bertz CT molecular complexity index is 893. The number of sulfonamides is 1. The number of hydrogen-bond acceptors (Lipinski definition) is 4. The molecule has 2 aromatic carbocycles. The SMILES string of the molecule is COc1ccc(CN(C)C(=O)CCNS(=O)(=O)c2ccc(C)cc2C)cc1. The molecule has 6 nitrogen and oxygen atoms in total. The number of aryl methyl sites for hydroxylation is 2. The van der Waals surface area contributed by atoms with Crippen molar-refractivity contribution in [1.29, 1.82) is 0 Å². The Labute approximate surface area is 161 Å². The highest BCUT2D eigenvalue weighted by Crippen LogP contribution is 2.16. The van der Waals surface area contributed by atoms with Crippen LogP contribution in [0, 0.1) is 13.8 Å². The summed E-state index contributed by atoms with van der Waals surface area (Å²) in [5.74, 6) is 0.627. The van der Waals surface area contributed by atoms with Gasteiger partial charge in [0.2, 0.25) is 15.9 Å². The van der Waals surface area contributed by atoms with Gasteiger partial charge in [-0.15, -0.1) is 0 Å². The maximum Gasteiger partial charge on any atom is 0.240 e. The van der Waals surface area contributed by atoms with Gasteiger partial charge in [0, 0.05) is 26.6 Å². The fraction of sp³-hybridized carbons (Fsp3) is 0.350. The van der Waals surface area contributed by atoms with Crippen molar-refractivity contribution in [2.45, 2.75) is 31.7 Å². The van der Waals surface area contributed by atoms with Crippen LogP contribution < -0.4 is 9.46 Å². The van der Waals surface area contributed by atoms with Crippen molar-refractivity contribution in [1.82, 2.24) is 9.62 Å². The summed E-state index contributed by atoms with van der Waals surface area (Å²) < 4.78 is 32.5. The van der Waals surface area contributed by atoms with Crippen LogP contribution in [0.4, 0.5) is 0 Å². The summed E-state index contributed by atoms with van der Waals surface area (Å²) in [6.07, 6.45) is 0.0940. The van der Waals surface area contributed by atoms with Crippen molar-refractivity contribution >= 4 is 15.9 Å². The van der Waals surface area contributed by atoms with Crippen molar-refractivity contribution < 1.29 is 17.9 Å². The fourth-order valence-corrected chi connectivity index (χ4v) is 4.01. The van der Waals surface area contributed by atoms with Crippen LogP contribution in [0.3, 0.4) is 0 Å².